The molecule has 1 unspecified atom stereocenters. The van der Waals surface area contributed by atoms with E-state index in [-0.39, 0.29) is 5.56 Å². The normalized spacial score (nSPS) is 12.5. The van der Waals surface area contributed by atoms with Crippen molar-refractivity contribution in [2.75, 3.05) is 14.2 Å². The number of aromatic nitrogens is 2. The lowest BCUT2D eigenvalue weighted by Crippen LogP contribution is -2.22. The zero-order valence-electron chi connectivity index (χ0n) is 10.9. The fourth-order valence-corrected chi connectivity index (χ4v) is 2.09. The average Bonchev–Trinajstić information content (AvgIpc) is 2.76. The Morgan fingerprint density at radius 1 is 1.37 bits per heavy atom. The standard InChI is InChI=1S/C13H15F2N3O/c1-16-12(9-6-8(14)4-5-10(9)15)13-11(19-3)7-17-18(13)2/h4-7,12,16H,1-3H3. The van der Waals surface area contributed by atoms with Crippen LogP contribution in [0.2, 0.25) is 0 Å². The molecule has 2 rings (SSSR count). The quantitative estimate of drug-likeness (QED) is 0.921. The lowest BCUT2D eigenvalue weighted by Gasteiger charge is -2.19. The first-order valence-corrected chi connectivity index (χ1v) is 5.76. The molecular weight excluding hydrogens is 252 g/mol. The van der Waals surface area contributed by atoms with E-state index < -0.39 is 17.7 Å². The topological polar surface area (TPSA) is 39.1 Å². The van der Waals surface area contributed by atoms with Gasteiger partial charge in [-0.2, -0.15) is 5.10 Å². The van der Waals surface area contributed by atoms with Crippen molar-refractivity contribution in [3.05, 3.63) is 47.3 Å². The van der Waals surface area contributed by atoms with Crippen LogP contribution < -0.4 is 10.1 Å². The van der Waals surface area contributed by atoms with Gasteiger partial charge in [-0.1, -0.05) is 0 Å². The van der Waals surface area contributed by atoms with Gasteiger partial charge in [0.25, 0.3) is 0 Å². The molecule has 0 saturated carbocycles. The monoisotopic (exact) mass is 267 g/mol. The number of rotatable bonds is 4. The zero-order valence-corrected chi connectivity index (χ0v) is 10.9. The van der Waals surface area contributed by atoms with Crippen LogP contribution in [0.1, 0.15) is 17.3 Å². The third kappa shape index (κ3) is 2.44. The van der Waals surface area contributed by atoms with Gasteiger partial charge in [-0.25, -0.2) is 8.78 Å². The van der Waals surface area contributed by atoms with Crippen LogP contribution in [0.5, 0.6) is 5.75 Å². The molecule has 102 valence electrons. The van der Waals surface area contributed by atoms with Gasteiger partial charge in [-0.05, 0) is 25.2 Å². The van der Waals surface area contributed by atoms with Crippen LogP contribution in [0.25, 0.3) is 0 Å². The van der Waals surface area contributed by atoms with Crippen molar-refractivity contribution in [1.82, 2.24) is 15.1 Å². The first kappa shape index (κ1) is 13.5. The van der Waals surface area contributed by atoms with Crippen molar-refractivity contribution >= 4 is 0 Å². The molecule has 19 heavy (non-hydrogen) atoms. The fourth-order valence-electron chi connectivity index (χ4n) is 2.09. The van der Waals surface area contributed by atoms with Crippen LogP contribution >= 0.6 is 0 Å². The van der Waals surface area contributed by atoms with Gasteiger partial charge in [0.1, 0.15) is 17.3 Å². The summed E-state index contributed by atoms with van der Waals surface area (Å²) in [5.41, 5.74) is 0.846. The van der Waals surface area contributed by atoms with Crippen molar-refractivity contribution in [3.63, 3.8) is 0 Å². The van der Waals surface area contributed by atoms with Crippen LogP contribution in [0.3, 0.4) is 0 Å². The number of nitrogens with zero attached hydrogens (tertiary/aromatic N) is 2. The molecule has 0 amide bonds. The van der Waals surface area contributed by atoms with Gasteiger partial charge in [-0.15, -0.1) is 0 Å². The van der Waals surface area contributed by atoms with Crippen LogP contribution in [-0.4, -0.2) is 23.9 Å². The van der Waals surface area contributed by atoms with Crippen LogP contribution in [0.15, 0.2) is 24.4 Å². The second kappa shape index (κ2) is 5.36. The Morgan fingerprint density at radius 3 is 2.74 bits per heavy atom. The zero-order chi connectivity index (χ0) is 14.0. The van der Waals surface area contributed by atoms with E-state index in [1.807, 2.05) is 0 Å². The summed E-state index contributed by atoms with van der Waals surface area (Å²) in [5.74, 6) is -0.452. The molecule has 0 spiro atoms. The smallest absolute Gasteiger partial charge is 0.161 e. The molecule has 6 heteroatoms. The van der Waals surface area contributed by atoms with E-state index in [4.69, 9.17) is 4.74 Å². The van der Waals surface area contributed by atoms with Crippen molar-refractivity contribution < 1.29 is 13.5 Å². The van der Waals surface area contributed by atoms with Gasteiger partial charge in [0.05, 0.1) is 19.3 Å². The van der Waals surface area contributed by atoms with Crippen molar-refractivity contribution in [2.45, 2.75) is 6.04 Å². The highest BCUT2D eigenvalue weighted by atomic mass is 19.1. The fraction of sp³-hybridized carbons (Fsp3) is 0.308. The molecule has 0 radical (unpaired) electrons. The molecule has 2 aromatic rings. The number of ether oxygens (including phenoxy) is 1. The number of halogens is 2. The van der Waals surface area contributed by atoms with Gasteiger partial charge >= 0.3 is 0 Å². The van der Waals surface area contributed by atoms with Gasteiger partial charge in [0.15, 0.2) is 5.75 Å². The lowest BCUT2D eigenvalue weighted by molar-refractivity contribution is 0.401. The molecule has 0 fully saturated rings. The summed E-state index contributed by atoms with van der Waals surface area (Å²) < 4.78 is 34.0. The maximum absolute atomic E-state index is 13.9. The minimum atomic E-state index is -0.543. The Labute approximate surface area is 110 Å². The molecule has 0 bridgehead atoms. The molecule has 0 saturated heterocycles. The summed E-state index contributed by atoms with van der Waals surface area (Å²) in [4.78, 5) is 0. The Balaban J connectivity index is 2.56. The van der Waals surface area contributed by atoms with Crippen molar-refractivity contribution in [3.8, 4) is 5.75 Å². The maximum Gasteiger partial charge on any atom is 0.161 e. The minimum Gasteiger partial charge on any atom is -0.493 e. The van der Waals surface area contributed by atoms with E-state index in [1.165, 1.54) is 19.4 Å². The molecule has 0 aliphatic heterocycles. The number of aryl methyl sites for hydroxylation is 1. The Hall–Kier alpha value is -1.95. The maximum atomic E-state index is 13.9. The molecule has 1 heterocycles. The highest BCUT2D eigenvalue weighted by Gasteiger charge is 2.24. The van der Waals surface area contributed by atoms with Crippen LogP contribution in [0, 0.1) is 11.6 Å². The third-order valence-electron chi connectivity index (χ3n) is 3.00. The second-order valence-corrected chi connectivity index (χ2v) is 4.11. The molecule has 1 aromatic heterocycles. The van der Waals surface area contributed by atoms with Crippen molar-refractivity contribution in [1.29, 1.82) is 0 Å². The van der Waals surface area contributed by atoms with Crippen molar-refractivity contribution in [2.24, 2.45) is 7.05 Å². The van der Waals surface area contributed by atoms with E-state index >= 15 is 0 Å². The Kier molecular flexibility index (Phi) is 3.80. The van der Waals surface area contributed by atoms with E-state index in [9.17, 15) is 8.78 Å². The number of nitrogens with one attached hydrogen (secondary N) is 1. The van der Waals surface area contributed by atoms with Crippen LogP contribution in [-0.2, 0) is 7.05 Å². The van der Waals surface area contributed by atoms with Gasteiger partial charge in [0.2, 0.25) is 0 Å². The largest absolute Gasteiger partial charge is 0.493 e. The number of hydrogen-bond donors (Lipinski definition) is 1. The molecular formula is C13H15F2N3O. The Bertz CT molecular complexity index is 583. The molecule has 0 aliphatic carbocycles. The number of benzene rings is 1. The molecule has 0 aliphatic rings. The van der Waals surface area contributed by atoms with Gasteiger partial charge < -0.3 is 10.1 Å². The predicted molar refractivity (Wildman–Crippen MR) is 67.0 cm³/mol. The summed E-state index contributed by atoms with van der Waals surface area (Å²) in [6.07, 6.45) is 1.54. The molecule has 1 aromatic carbocycles. The lowest BCUT2D eigenvalue weighted by atomic mass is 10.0. The summed E-state index contributed by atoms with van der Waals surface area (Å²) in [6, 6.07) is 2.82. The molecule has 4 nitrogen and oxygen atoms in total. The Morgan fingerprint density at radius 2 is 2.11 bits per heavy atom. The van der Waals surface area contributed by atoms with E-state index in [0.29, 0.717) is 11.4 Å². The highest BCUT2D eigenvalue weighted by molar-refractivity contribution is 5.37. The SMILES string of the molecule is CNC(c1cc(F)ccc1F)c1c(OC)cnn1C. The van der Waals surface area contributed by atoms with Gasteiger partial charge in [-0.3, -0.25) is 4.68 Å². The highest BCUT2D eigenvalue weighted by Crippen LogP contribution is 2.30. The predicted octanol–water partition coefficient (Wildman–Crippen LogP) is 2.02. The summed E-state index contributed by atoms with van der Waals surface area (Å²) in [7, 11) is 4.90. The summed E-state index contributed by atoms with van der Waals surface area (Å²) >= 11 is 0. The summed E-state index contributed by atoms with van der Waals surface area (Å²) in [5, 5.41) is 7.03. The van der Waals surface area contributed by atoms with E-state index in [0.717, 1.165) is 12.1 Å². The van der Waals surface area contributed by atoms with Gasteiger partial charge in [0, 0.05) is 12.6 Å². The summed E-state index contributed by atoms with van der Waals surface area (Å²) in [6.45, 7) is 0. The first-order chi connectivity index (χ1) is 9.08. The second-order valence-electron chi connectivity index (χ2n) is 4.11. The molecule has 1 N–H and O–H groups in total. The number of methoxy groups -OCH3 is 1. The van der Waals surface area contributed by atoms with E-state index in [1.54, 1.807) is 18.8 Å². The number of hydrogen-bond acceptors (Lipinski definition) is 3. The average molecular weight is 267 g/mol. The molecule has 1 atom stereocenters. The first-order valence-electron chi connectivity index (χ1n) is 5.76. The third-order valence-corrected chi connectivity index (χ3v) is 3.00. The van der Waals surface area contributed by atoms with E-state index in [2.05, 4.69) is 10.4 Å². The minimum absolute atomic E-state index is 0.212. The van der Waals surface area contributed by atoms with Crippen LogP contribution in [0.4, 0.5) is 8.78 Å².